The van der Waals surface area contributed by atoms with Crippen LogP contribution in [0.25, 0.3) is 0 Å². The van der Waals surface area contributed by atoms with Gasteiger partial charge in [0, 0.05) is 12.0 Å². The average Bonchev–Trinajstić information content (AvgIpc) is 2.76. The summed E-state index contributed by atoms with van der Waals surface area (Å²) < 4.78 is 0. The van der Waals surface area contributed by atoms with Crippen molar-refractivity contribution in [1.29, 1.82) is 0 Å². The van der Waals surface area contributed by atoms with Crippen LogP contribution >= 0.6 is 0 Å². The van der Waals surface area contributed by atoms with Gasteiger partial charge in [-0.1, -0.05) is 31.6 Å². The summed E-state index contributed by atoms with van der Waals surface area (Å²) in [6.07, 6.45) is 5.33. The van der Waals surface area contributed by atoms with Crippen molar-refractivity contribution < 1.29 is 19.8 Å². The van der Waals surface area contributed by atoms with Crippen LogP contribution in [-0.4, -0.2) is 34.5 Å². The summed E-state index contributed by atoms with van der Waals surface area (Å²) in [5, 5.41) is 21.0. The third-order valence-electron chi connectivity index (χ3n) is 6.16. The van der Waals surface area contributed by atoms with Crippen molar-refractivity contribution in [2.45, 2.75) is 58.7 Å². The Morgan fingerprint density at radius 2 is 2.00 bits per heavy atom. The molecule has 3 bridgehead atoms. The smallest absolute Gasteiger partial charge is 0.169 e. The number of ketones is 1. The molecule has 0 spiro atoms. The van der Waals surface area contributed by atoms with Crippen LogP contribution in [0.4, 0.5) is 0 Å². The van der Waals surface area contributed by atoms with E-state index >= 15 is 0 Å². The normalized spacial score (nSPS) is 40.3. The highest BCUT2D eigenvalue weighted by atomic mass is 16.3. The topological polar surface area (TPSA) is 74.6 Å². The van der Waals surface area contributed by atoms with Gasteiger partial charge in [-0.2, -0.15) is 0 Å². The maximum absolute atomic E-state index is 13.1. The predicted octanol–water partition coefficient (Wildman–Crippen LogP) is 2.51. The molecular weight excluding hydrogens is 304 g/mol. The third-order valence-corrected chi connectivity index (χ3v) is 6.16. The molecule has 0 unspecified atom stereocenters. The zero-order valence-corrected chi connectivity index (χ0v) is 14.6. The summed E-state index contributed by atoms with van der Waals surface area (Å²) in [4.78, 5) is 24.4. The van der Waals surface area contributed by atoms with Gasteiger partial charge in [0.2, 0.25) is 0 Å². The Morgan fingerprint density at radius 3 is 2.67 bits per heavy atom. The molecule has 4 heteroatoms. The Balaban J connectivity index is 2.13. The fraction of sp³-hybridized carbons (Fsp3) is 0.600. The summed E-state index contributed by atoms with van der Waals surface area (Å²) in [7, 11) is 0. The van der Waals surface area contributed by atoms with Crippen molar-refractivity contribution in [3.05, 3.63) is 34.4 Å². The number of aliphatic hydroxyl groups is 2. The van der Waals surface area contributed by atoms with E-state index in [2.05, 4.69) is 13.8 Å². The van der Waals surface area contributed by atoms with E-state index in [4.69, 9.17) is 0 Å². The summed E-state index contributed by atoms with van der Waals surface area (Å²) in [5.41, 5.74) is 2.63. The summed E-state index contributed by atoms with van der Waals surface area (Å²) >= 11 is 0. The van der Waals surface area contributed by atoms with Crippen molar-refractivity contribution in [2.24, 2.45) is 17.3 Å². The Labute approximate surface area is 142 Å². The predicted molar refractivity (Wildman–Crippen MR) is 91.2 cm³/mol. The maximum atomic E-state index is 13.1. The van der Waals surface area contributed by atoms with E-state index in [1.54, 1.807) is 13.0 Å². The molecule has 0 aromatic heterocycles. The van der Waals surface area contributed by atoms with E-state index in [1.807, 2.05) is 6.08 Å². The van der Waals surface area contributed by atoms with E-state index < -0.39 is 18.1 Å². The second-order valence-electron chi connectivity index (χ2n) is 7.96. The summed E-state index contributed by atoms with van der Waals surface area (Å²) in [6.45, 7) is 5.94. The maximum Gasteiger partial charge on any atom is 0.169 e. The molecular formula is C20H26O4. The van der Waals surface area contributed by atoms with Crippen LogP contribution in [0.1, 0.15) is 46.5 Å². The Bertz CT molecular complexity index is 665. The van der Waals surface area contributed by atoms with E-state index in [9.17, 15) is 19.8 Å². The van der Waals surface area contributed by atoms with Gasteiger partial charge < -0.3 is 10.2 Å². The molecule has 4 atom stereocenters. The quantitative estimate of drug-likeness (QED) is 0.572. The lowest BCUT2D eigenvalue weighted by Crippen LogP contribution is -2.33. The lowest BCUT2D eigenvalue weighted by Gasteiger charge is -2.39. The van der Waals surface area contributed by atoms with Gasteiger partial charge in [0.1, 0.15) is 6.29 Å². The van der Waals surface area contributed by atoms with Crippen LogP contribution in [0.15, 0.2) is 34.4 Å². The molecule has 2 N–H and O–H groups in total. The van der Waals surface area contributed by atoms with Crippen LogP contribution in [0.2, 0.25) is 0 Å². The lowest BCUT2D eigenvalue weighted by atomic mass is 9.64. The number of aldehydes is 1. The molecule has 0 fully saturated rings. The van der Waals surface area contributed by atoms with Crippen LogP contribution in [0, 0.1) is 17.3 Å². The zero-order chi connectivity index (χ0) is 17.6. The number of aliphatic hydroxyl groups excluding tert-OH is 2. The summed E-state index contributed by atoms with van der Waals surface area (Å²) in [5.74, 6) is -0.332. The Kier molecular flexibility index (Phi) is 4.39. The van der Waals surface area contributed by atoms with Gasteiger partial charge >= 0.3 is 0 Å². The first-order valence-electron chi connectivity index (χ1n) is 8.73. The third kappa shape index (κ3) is 2.62. The molecule has 0 aromatic rings. The Morgan fingerprint density at radius 1 is 1.29 bits per heavy atom. The number of carbonyl (C=O) groups excluding carboxylic acids is 2. The molecule has 0 saturated carbocycles. The highest BCUT2D eigenvalue weighted by molar-refractivity contribution is 6.04. The molecule has 0 amide bonds. The highest BCUT2D eigenvalue weighted by Crippen LogP contribution is 2.53. The minimum atomic E-state index is -0.819. The average molecular weight is 330 g/mol. The standard InChI is InChI=1S/C20H26O4/c1-11-8-14(22)9-12(10-21)4-5-13-6-7-15-17(20(13,2)3)19(24)16(11)18(15)23/h4,8,10,13-14,16,18,22-23H,5-7,9H2,1-3H3/b11-8+,12-4-/t13-,14-,16+,18+/m1/s1. The van der Waals surface area contributed by atoms with E-state index in [0.29, 0.717) is 17.6 Å². The molecule has 0 heterocycles. The monoisotopic (exact) mass is 330 g/mol. The van der Waals surface area contributed by atoms with Gasteiger partial charge in [-0.05, 0) is 48.7 Å². The second-order valence-corrected chi connectivity index (χ2v) is 7.96. The minimum Gasteiger partial charge on any atom is -0.389 e. The molecule has 0 saturated heterocycles. The molecule has 0 aliphatic heterocycles. The van der Waals surface area contributed by atoms with Gasteiger partial charge in [-0.15, -0.1) is 0 Å². The van der Waals surface area contributed by atoms with Gasteiger partial charge in [0.15, 0.2) is 5.78 Å². The van der Waals surface area contributed by atoms with Crippen LogP contribution < -0.4 is 0 Å². The van der Waals surface area contributed by atoms with E-state index in [-0.39, 0.29) is 23.5 Å². The first kappa shape index (κ1) is 17.3. The molecule has 3 aliphatic carbocycles. The zero-order valence-electron chi connectivity index (χ0n) is 14.6. The SMILES string of the molecule is C/C1=C\[C@@H](O)C/C(C=O)=C/C[C@@H]2CCC3=C(C(=O)[C@@H]1[C@H]3O)C2(C)C. The fourth-order valence-electron chi connectivity index (χ4n) is 4.75. The number of Topliss-reactive ketones (excluding diaryl/α,β-unsaturated/α-hetero) is 1. The first-order chi connectivity index (χ1) is 11.3. The lowest BCUT2D eigenvalue weighted by molar-refractivity contribution is -0.120. The van der Waals surface area contributed by atoms with Crippen molar-refractivity contribution in [1.82, 2.24) is 0 Å². The van der Waals surface area contributed by atoms with Gasteiger partial charge in [0.25, 0.3) is 0 Å². The number of rotatable bonds is 1. The van der Waals surface area contributed by atoms with Crippen molar-refractivity contribution in [3.63, 3.8) is 0 Å². The minimum absolute atomic E-state index is 0.00770. The van der Waals surface area contributed by atoms with Gasteiger partial charge in [0.05, 0.1) is 18.1 Å². The van der Waals surface area contributed by atoms with Crippen LogP contribution in [-0.2, 0) is 9.59 Å². The van der Waals surface area contributed by atoms with Crippen molar-refractivity contribution in [2.75, 3.05) is 0 Å². The molecule has 0 radical (unpaired) electrons. The molecule has 24 heavy (non-hydrogen) atoms. The highest BCUT2D eigenvalue weighted by Gasteiger charge is 2.51. The number of hydrogen-bond acceptors (Lipinski definition) is 4. The molecule has 130 valence electrons. The largest absolute Gasteiger partial charge is 0.389 e. The van der Waals surface area contributed by atoms with Crippen molar-refractivity contribution in [3.8, 4) is 0 Å². The number of hydrogen-bond donors (Lipinski definition) is 2. The Hall–Kier alpha value is -1.52. The molecule has 3 aliphatic rings. The van der Waals surface area contributed by atoms with Gasteiger partial charge in [-0.25, -0.2) is 0 Å². The summed E-state index contributed by atoms with van der Waals surface area (Å²) in [6, 6.07) is 0. The van der Waals surface area contributed by atoms with Crippen LogP contribution in [0.5, 0.6) is 0 Å². The van der Waals surface area contributed by atoms with Crippen molar-refractivity contribution >= 4 is 12.1 Å². The molecule has 4 nitrogen and oxygen atoms in total. The number of carbonyl (C=O) groups is 2. The van der Waals surface area contributed by atoms with E-state index in [1.165, 1.54) is 0 Å². The van der Waals surface area contributed by atoms with Crippen LogP contribution in [0.3, 0.4) is 0 Å². The van der Waals surface area contributed by atoms with Gasteiger partial charge in [-0.3, -0.25) is 9.59 Å². The van der Waals surface area contributed by atoms with E-state index in [0.717, 1.165) is 30.3 Å². The number of allylic oxidation sites excluding steroid dienone is 2. The molecule has 3 rings (SSSR count). The number of fused-ring (bicyclic) bond motifs is 2. The fourth-order valence-corrected chi connectivity index (χ4v) is 4.75. The second kappa shape index (κ2) is 6.08. The molecule has 0 aromatic carbocycles. The first-order valence-corrected chi connectivity index (χ1v) is 8.73.